The first-order chi connectivity index (χ1) is 8.66. The minimum atomic E-state index is -1.08. The monoisotopic (exact) mass is 270 g/mol. The van der Waals surface area contributed by atoms with Gasteiger partial charge in [0.15, 0.2) is 0 Å². The van der Waals surface area contributed by atoms with Crippen LogP contribution in [0.5, 0.6) is 0 Å². The zero-order valence-corrected chi connectivity index (χ0v) is 12.7. The molecular weight excluding hydrogens is 244 g/mol. The van der Waals surface area contributed by atoms with Crippen LogP contribution in [0.2, 0.25) is 0 Å². The smallest absolute Gasteiger partial charge is 0.329 e. The van der Waals surface area contributed by atoms with Gasteiger partial charge in [0.1, 0.15) is 5.54 Å². The van der Waals surface area contributed by atoms with Crippen LogP contribution in [0.3, 0.4) is 0 Å². The average Bonchev–Trinajstić information content (AvgIpc) is 2.37. The predicted molar refractivity (Wildman–Crippen MR) is 74.1 cm³/mol. The number of hydrogen-bond acceptors (Lipinski definition) is 2. The molecule has 0 spiro atoms. The van der Waals surface area contributed by atoms with Crippen LogP contribution in [-0.4, -0.2) is 51.6 Å². The molecule has 1 saturated heterocycles. The fourth-order valence-corrected chi connectivity index (χ4v) is 2.33. The third-order valence-electron chi connectivity index (χ3n) is 4.64. The van der Waals surface area contributed by atoms with E-state index in [1.54, 1.807) is 18.9 Å². The summed E-state index contributed by atoms with van der Waals surface area (Å²) in [6, 6.07) is -0.184. The summed E-state index contributed by atoms with van der Waals surface area (Å²) in [4.78, 5) is 27.3. The second kappa shape index (κ2) is 5.39. The van der Waals surface area contributed by atoms with Gasteiger partial charge in [0.2, 0.25) is 0 Å². The summed E-state index contributed by atoms with van der Waals surface area (Å²) in [5.41, 5.74) is -1.35. The van der Waals surface area contributed by atoms with Crippen molar-refractivity contribution in [3.8, 4) is 0 Å². The van der Waals surface area contributed by atoms with Crippen molar-refractivity contribution in [3.05, 3.63) is 0 Å². The number of urea groups is 1. The first-order valence-corrected chi connectivity index (χ1v) is 6.95. The van der Waals surface area contributed by atoms with E-state index in [2.05, 4.69) is 0 Å². The van der Waals surface area contributed by atoms with Gasteiger partial charge in [-0.1, -0.05) is 6.92 Å². The lowest BCUT2D eigenvalue weighted by molar-refractivity contribution is -0.151. The molecule has 1 atom stereocenters. The Bertz CT molecular complexity index is 368. The largest absolute Gasteiger partial charge is 0.480 e. The van der Waals surface area contributed by atoms with Gasteiger partial charge in [0.05, 0.1) is 0 Å². The molecule has 0 saturated carbocycles. The summed E-state index contributed by atoms with van der Waals surface area (Å²) in [5.74, 6) is -0.914. The van der Waals surface area contributed by atoms with E-state index in [0.29, 0.717) is 13.0 Å². The Hall–Kier alpha value is -1.26. The summed E-state index contributed by atoms with van der Waals surface area (Å²) in [6.45, 7) is 8.18. The van der Waals surface area contributed by atoms with Gasteiger partial charge in [0, 0.05) is 19.1 Å². The number of rotatable bonds is 3. The van der Waals surface area contributed by atoms with Crippen LogP contribution in [-0.2, 0) is 4.79 Å². The first-order valence-electron chi connectivity index (χ1n) is 6.95. The molecule has 19 heavy (non-hydrogen) atoms. The summed E-state index contributed by atoms with van der Waals surface area (Å²) in [7, 11) is 1.75. The zero-order chi connectivity index (χ0) is 14.8. The van der Waals surface area contributed by atoms with E-state index in [-0.39, 0.29) is 11.6 Å². The number of carbonyl (C=O) groups excluding carboxylic acids is 1. The lowest BCUT2D eigenvalue weighted by Gasteiger charge is -2.46. The maximum Gasteiger partial charge on any atom is 0.329 e. The molecule has 0 radical (unpaired) electrons. The molecule has 0 aromatic rings. The highest BCUT2D eigenvalue weighted by atomic mass is 16.4. The van der Waals surface area contributed by atoms with Gasteiger partial charge in [-0.05, 0) is 46.5 Å². The van der Waals surface area contributed by atoms with Crippen molar-refractivity contribution in [1.82, 2.24) is 9.80 Å². The Morgan fingerprint density at radius 2 is 1.95 bits per heavy atom. The number of aliphatic carboxylic acids is 1. The number of nitrogens with zero attached hydrogens (tertiary/aromatic N) is 2. The number of likely N-dealkylation sites (tertiary alicyclic amines) is 1. The number of carboxylic acids is 1. The lowest BCUT2D eigenvalue weighted by Crippen LogP contribution is -2.62. The van der Waals surface area contributed by atoms with Crippen LogP contribution in [0, 0.1) is 0 Å². The van der Waals surface area contributed by atoms with E-state index < -0.39 is 11.5 Å². The average molecular weight is 270 g/mol. The quantitative estimate of drug-likeness (QED) is 0.857. The Labute approximate surface area is 115 Å². The Morgan fingerprint density at radius 1 is 1.37 bits per heavy atom. The van der Waals surface area contributed by atoms with Crippen molar-refractivity contribution in [3.63, 3.8) is 0 Å². The maximum absolute atomic E-state index is 12.6. The third kappa shape index (κ3) is 2.85. The molecule has 1 N–H and O–H groups in total. The molecule has 2 amide bonds. The van der Waals surface area contributed by atoms with Crippen LogP contribution >= 0.6 is 0 Å². The number of carbonyl (C=O) groups is 2. The first kappa shape index (κ1) is 15.8. The Morgan fingerprint density at radius 3 is 2.42 bits per heavy atom. The second-order valence-electron chi connectivity index (χ2n) is 6.20. The van der Waals surface area contributed by atoms with Crippen molar-refractivity contribution in [1.29, 1.82) is 0 Å². The van der Waals surface area contributed by atoms with Crippen LogP contribution in [0.1, 0.15) is 53.4 Å². The number of carboxylic acid groups (broad SMARTS) is 1. The third-order valence-corrected chi connectivity index (χ3v) is 4.64. The Balaban J connectivity index is 2.99. The minimum Gasteiger partial charge on any atom is -0.480 e. The summed E-state index contributed by atoms with van der Waals surface area (Å²) in [6.07, 6.45) is 3.07. The SMILES string of the molecule is CCC(C)(C)N(C)C(=O)N1CCCCC1(C)C(=O)O. The van der Waals surface area contributed by atoms with Gasteiger partial charge in [-0.2, -0.15) is 0 Å². The van der Waals surface area contributed by atoms with E-state index >= 15 is 0 Å². The highest BCUT2D eigenvalue weighted by Crippen LogP contribution is 2.30. The molecule has 5 nitrogen and oxygen atoms in total. The van der Waals surface area contributed by atoms with Gasteiger partial charge >= 0.3 is 12.0 Å². The van der Waals surface area contributed by atoms with Gasteiger partial charge in [-0.3, -0.25) is 0 Å². The molecule has 1 rings (SSSR count). The minimum absolute atomic E-state index is 0.184. The number of piperidine rings is 1. The van der Waals surface area contributed by atoms with E-state index in [4.69, 9.17) is 0 Å². The maximum atomic E-state index is 12.6. The molecule has 1 aliphatic heterocycles. The molecule has 0 bridgehead atoms. The van der Waals surface area contributed by atoms with Crippen LogP contribution in [0.4, 0.5) is 4.79 Å². The van der Waals surface area contributed by atoms with E-state index in [9.17, 15) is 14.7 Å². The topological polar surface area (TPSA) is 60.9 Å². The Kier molecular flexibility index (Phi) is 4.48. The molecule has 0 aliphatic carbocycles. The molecule has 1 fully saturated rings. The van der Waals surface area contributed by atoms with Crippen molar-refractivity contribution in [2.75, 3.05) is 13.6 Å². The van der Waals surface area contributed by atoms with Crippen molar-refractivity contribution in [2.24, 2.45) is 0 Å². The normalized spacial score (nSPS) is 24.2. The molecular formula is C14H26N2O3. The molecule has 1 unspecified atom stereocenters. The summed E-state index contributed by atoms with van der Waals surface area (Å²) >= 11 is 0. The van der Waals surface area contributed by atoms with Crippen molar-refractivity contribution < 1.29 is 14.7 Å². The van der Waals surface area contributed by atoms with E-state index in [0.717, 1.165) is 19.3 Å². The van der Waals surface area contributed by atoms with Gasteiger partial charge in [-0.25, -0.2) is 9.59 Å². The van der Waals surface area contributed by atoms with Crippen molar-refractivity contribution in [2.45, 2.75) is 64.5 Å². The number of hydrogen-bond donors (Lipinski definition) is 1. The predicted octanol–water partition coefficient (Wildman–Crippen LogP) is 2.56. The fraction of sp³-hybridized carbons (Fsp3) is 0.857. The zero-order valence-electron chi connectivity index (χ0n) is 12.7. The van der Waals surface area contributed by atoms with Crippen LogP contribution in [0.15, 0.2) is 0 Å². The molecule has 5 heteroatoms. The van der Waals surface area contributed by atoms with Gasteiger partial charge in [0.25, 0.3) is 0 Å². The molecule has 1 heterocycles. The van der Waals surface area contributed by atoms with Gasteiger partial charge in [-0.15, -0.1) is 0 Å². The van der Waals surface area contributed by atoms with E-state index in [1.807, 2.05) is 20.8 Å². The lowest BCUT2D eigenvalue weighted by atomic mass is 9.88. The fourth-order valence-electron chi connectivity index (χ4n) is 2.33. The molecule has 0 aromatic carbocycles. The van der Waals surface area contributed by atoms with Gasteiger partial charge < -0.3 is 14.9 Å². The highest BCUT2D eigenvalue weighted by Gasteiger charge is 2.46. The molecule has 110 valence electrons. The number of amides is 2. The van der Waals surface area contributed by atoms with Crippen LogP contribution in [0.25, 0.3) is 0 Å². The molecule has 0 aromatic heterocycles. The second-order valence-corrected chi connectivity index (χ2v) is 6.20. The standard InChI is InChI=1S/C14H26N2O3/c1-6-13(2,3)15(5)12(19)16-10-8-7-9-14(16,4)11(17)18/h6-10H2,1-5H3,(H,17,18). The van der Waals surface area contributed by atoms with Crippen molar-refractivity contribution >= 4 is 12.0 Å². The van der Waals surface area contributed by atoms with Crippen LogP contribution < -0.4 is 0 Å². The summed E-state index contributed by atoms with van der Waals surface area (Å²) < 4.78 is 0. The van der Waals surface area contributed by atoms with E-state index in [1.165, 1.54) is 4.90 Å². The summed E-state index contributed by atoms with van der Waals surface area (Å²) in [5, 5.41) is 9.45. The highest BCUT2D eigenvalue weighted by molar-refractivity contribution is 5.86. The molecule has 1 aliphatic rings.